The van der Waals surface area contributed by atoms with E-state index in [9.17, 15) is 0 Å². The van der Waals surface area contributed by atoms with Crippen molar-refractivity contribution in [3.8, 4) is 0 Å². The summed E-state index contributed by atoms with van der Waals surface area (Å²) in [5.74, 6) is 0. The first kappa shape index (κ1) is 13.1. The van der Waals surface area contributed by atoms with Gasteiger partial charge in [-0.1, -0.05) is 34.1 Å². The Morgan fingerprint density at radius 2 is 2.12 bits per heavy atom. The van der Waals surface area contributed by atoms with Crippen molar-refractivity contribution >= 4 is 15.9 Å². The minimum Gasteiger partial charge on any atom is -0.310 e. The van der Waals surface area contributed by atoms with Gasteiger partial charge in [0, 0.05) is 23.1 Å². The Kier molecular flexibility index (Phi) is 4.23. The third-order valence-electron chi connectivity index (χ3n) is 3.23. The van der Waals surface area contributed by atoms with E-state index in [2.05, 4.69) is 64.3 Å². The number of nitrogens with one attached hydrogen (secondary N) is 1. The van der Waals surface area contributed by atoms with Crippen molar-refractivity contribution in [2.24, 2.45) is 0 Å². The monoisotopic (exact) mass is 296 g/mol. The summed E-state index contributed by atoms with van der Waals surface area (Å²) in [5.41, 5.74) is 1.60. The van der Waals surface area contributed by atoms with Crippen LogP contribution < -0.4 is 5.32 Å². The van der Waals surface area contributed by atoms with Gasteiger partial charge in [0.2, 0.25) is 0 Å². The highest BCUT2D eigenvalue weighted by atomic mass is 79.9. The molecule has 0 spiro atoms. The lowest BCUT2D eigenvalue weighted by atomic mass is 10.1. The second kappa shape index (κ2) is 5.51. The van der Waals surface area contributed by atoms with Gasteiger partial charge in [-0.25, -0.2) is 0 Å². The van der Waals surface area contributed by atoms with Gasteiger partial charge in [0.25, 0.3) is 0 Å². The van der Waals surface area contributed by atoms with Crippen LogP contribution >= 0.6 is 15.9 Å². The van der Waals surface area contributed by atoms with Gasteiger partial charge in [-0.2, -0.15) is 0 Å². The van der Waals surface area contributed by atoms with Crippen LogP contribution in [0, 0.1) is 0 Å². The standard InChI is InChI=1S/C14H21BrN2/c1-14(2)11-17(9-5-8-16-14)10-12-6-3-4-7-13(12)15/h3-4,6-7,16H,5,8-11H2,1-2H3. The molecule has 2 nitrogen and oxygen atoms in total. The van der Waals surface area contributed by atoms with Crippen LogP contribution in [-0.2, 0) is 6.54 Å². The molecule has 0 aromatic heterocycles. The number of halogens is 1. The van der Waals surface area contributed by atoms with Crippen molar-refractivity contribution in [2.75, 3.05) is 19.6 Å². The van der Waals surface area contributed by atoms with E-state index in [0.717, 1.165) is 19.6 Å². The summed E-state index contributed by atoms with van der Waals surface area (Å²) < 4.78 is 1.22. The number of nitrogens with zero attached hydrogens (tertiary/aromatic N) is 1. The fourth-order valence-corrected chi connectivity index (χ4v) is 2.84. The van der Waals surface area contributed by atoms with Crippen molar-refractivity contribution in [1.82, 2.24) is 10.2 Å². The first-order valence-electron chi connectivity index (χ1n) is 6.28. The molecule has 1 aliphatic rings. The quantitative estimate of drug-likeness (QED) is 0.902. The molecule has 2 rings (SSSR count). The minimum absolute atomic E-state index is 0.220. The average molecular weight is 297 g/mol. The largest absolute Gasteiger partial charge is 0.310 e. The van der Waals surface area contributed by atoms with Crippen molar-refractivity contribution in [3.63, 3.8) is 0 Å². The Labute approximate surface area is 113 Å². The SMILES string of the molecule is CC1(C)CN(Cc2ccccc2Br)CCCN1. The minimum atomic E-state index is 0.220. The molecule has 0 amide bonds. The molecule has 0 radical (unpaired) electrons. The second-order valence-electron chi connectivity index (χ2n) is 5.47. The zero-order valence-corrected chi connectivity index (χ0v) is 12.3. The van der Waals surface area contributed by atoms with E-state index in [0.29, 0.717) is 0 Å². The van der Waals surface area contributed by atoms with Gasteiger partial charge in [-0.15, -0.1) is 0 Å². The van der Waals surface area contributed by atoms with E-state index in [-0.39, 0.29) is 5.54 Å². The van der Waals surface area contributed by atoms with Gasteiger partial charge in [0.1, 0.15) is 0 Å². The van der Waals surface area contributed by atoms with Gasteiger partial charge in [0.15, 0.2) is 0 Å². The molecule has 1 N–H and O–H groups in total. The lowest BCUT2D eigenvalue weighted by Crippen LogP contribution is -2.46. The smallest absolute Gasteiger partial charge is 0.0252 e. The first-order valence-corrected chi connectivity index (χ1v) is 7.07. The highest BCUT2D eigenvalue weighted by Gasteiger charge is 2.24. The maximum Gasteiger partial charge on any atom is 0.0252 e. The predicted octanol–water partition coefficient (Wildman–Crippen LogP) is 3.02. The zero-order valence-electron chi connectivity index (χ0n) is 10.7. The molecule has 17 heavy (non-hydrogen) atoms. The molecular weight excluding hydrogens is 276 g/mol. The summed E-state index contributed by atoms with van der Waals surface area (Å²) in [6.07, 6.45) is 1.23. The molecule has 0 saturated carbocycles. The molecule has 0 atom stereocenters. The van der Waals surface area contributed by atoms with Crippen molar-refractivity contribution < 1.29 is 0 Å². The lowest BCUT2D eigenvalue weighted by Gasteiger charge is -2.30. The first-order chi connectivity index (χ1) is 8.07. The van der Waals surface area contributed by atoms with Crippen LogP contribution in [0.1, 0.15) is 25.8 Å². The second-order valence-corrected chi connectivity index (χ2v) is 6.32. The van der Waals surface area contributed by atoms with E-state index in [1.165, 1.54) is 23.0 Å². The zero-order chi connectivity index (χ0) is 12.3. The van der Waals surface area contributed by atoms with Crippen LogP contribution in [0.2, 0.25) is 0 Å². The highest BCUT2D eigenvalue weighted by Crippen LogP contribution is 2.20. The van der Waals surface area contributed by atoms with Crippen LogP contribution in [-0.4, -0.2) is 30.1 Å². The van der Waals surface area contributed by atoms with Crippen LogP contribution in [0.4, 0.5) is 0 Å². The lowest BCUT2D eigenvalue weighted by molar-refractivity contribution is 0.223. The molecule has 1 aromatic rings. The number of hydrogen-bond donors (Lipinski definition) is 1. The van der Waals surface area contributed by atoms with Gasteiger partial charge in [-0.05, 0) is 45.0 Å². The van der Waals surface area contributed by atoms with E-state index in [1.807, 2.05) is 0 Å². The van der Waals surface area contributed by atoms with Crippen LogP contribution in [0.5, 0.6) is 0 Å². The number of benzene rings is 1. The molecule has 1 saturated heterocycles. The average Bonchev–Trinajstić information content (AvgIpc) is 2.43. The topological polar surface area (TPSA) is 15.3 Å². The van der Waals surface area contributed by atoms with Crippen LogP contribution in [0.25, 0.3) is 0 Å². The molecule has 0 bridgehead atoms. The van der Waals surface area contributed by atoms with Crippen LogP contribution in [0.15, 0.2) is 28.7 Å². The summed E-state index contributed by atoms with van der Waals surface area (Å²) in [7, 11) is 0. The predicted molar refractivity (Wildman–Crippen MR) is 76.1 cm³/mol. The van der Waals surface area contributed by atoms with Crippen molar-refractivity contribution in [3.05, 3.63) is 34.3 Å². The maximum absolute atomic E-state index is 3.63. The Morgan fingerprint density at radius 1 is 1.35 bits per heavy atom. The van der Waals surface area contributed by atoms with Gasteiger partial charge >= 0.3 is 0 Å². The van der Waals surface area contributed by atoms with Crippen molar-refractivity contribution in [2.45, 2.75) is 32.4 Å². The summed E-state index contributed by atoms with van der Waals surface area (Å²) in [6, 6.07) is 8.51. The molecule has 1 aliphatic heterocycles. The third-order valence-corrected chi connectivity index (χ3v) is 4.00. The number of rotatable bonds is 2. The van der Waals surface area contributed by atoms with E-state index in [1.54, 1.807) is 0 Å². The van der Waals surface area contributed by atoms with Gasteiger partial charge in [-0.3, -0.25) is 4.90 Å². The van der Waals surface area contributed by atoms with Crippen molar-refractivity contribution in [1.29, 1.82) is 0 Å². The van der Waals surface area contributed by atoms with E-state index >= 15 is 0 Å². The molecule has 1 fully saturated rings. The van der Waals surface area contributed by atoms with Gasteiger partial charge in [0.05, 0.1) is 0 Å². The summed E-state index contributed by atoms with van der Waals surface area (Å²) in [6.45, 7) is 9.01. The molecule has 0 aliphatic carbocycles. The van der Waals surface area contributed by atoms with Crippen LogP contribution in [0.3, 0.4) is 0 Å². The number of hydrogen-bond acceptors (Lipinski definition) is 2. The normalized spacial score (nSPS) is 21.1. The summed E-state index contributed by atoms with van der Waals surface area (Å²) >= 11 is 3.63. The van der Waals surface area contributed by atoms with E-state index in [4.69, 9.17) is 0 Å². The fourth-order valence-electron chi connectivity index (χ4n) is 2.43. The third kappa shape index (κ3) is 3.80. The molecule has 1 aromatic carbocycles. The maximum atomic E-state index is 3.63. The molecule has 94 valence electrons. The Morgan fingerprint density at radius 3 is 2.88 bits per heavy atom. The fraction of sp³-hybridized carbons (Fsp3) is 0.571. The summed E-state index contributed by atoms with van der Waals surface area (Å²) in [4.78, 5) is 2.54. The summed E-state index contributed by atoms with van der Waals surface area (Å²) in [5, 5.41) is 3.60. The highest BCUT2D eigenvalue weighted by molar-refractivity contribution is 9.10. The Hall–Kier alpha value is -0.380. The molecule has 3 heteroatoms. The van der Waals surface area contributed by atoms with E-state index < -0.39 is 0 Å². The molecule has 0 unspecified atom stereocenters. The molecule has 1 heterocycles. The molecular formula is C14H21BrN2. The Bertz CT molecular complexity index is 376. The Balaban J connectivity index is 2.05. The van der Waals surface area contributed by atoms with Gasteiger partial charge < -0.3 is 5.32 Å².